The van der Waals surface area contributed by atoms with Gasteiger partial charge < -0.3 is 34.6 Å². The average molecular weight is 545 g/mol. The lowest BCUT2D eigenvalue weighted by Gasteiger charge is -2.41. The van der Waals surface area contributed by atoms with Gasteiger partial charge in [0.15, 0.2) is 11.5 Å². The molecule has 39 heavy (non-hydrogen) atoms. The molecule has 214 valence electrons. The molecule has 1 fully saturated rings. The summed E-state index contributed by atoms with van der Waals surface area (Å²) in [5.41, 5.74) is 1.23. The van der Waals surface area contributed by atoms with E-state index < -0.39 is 30.1 Å². The number of carbonyl (C=O) groups excluding carboxylic acids is 3. The van der Waals surface area contributed by atoms with Gasteiger partial charge in [-0.25, -0.2) is 0 Å². The van der Waals surface area contributed by atoms with Crippen molar-refractivity contribution >= 4 is 18.1 Å². The Morgan fingerprint density at radius 2 is 2.00 bits per heavy atom. The monoisotopic (exact) mass is 544 g/mol. The molecular formula is C29H40N2O8. The van der Waals surface area contributed by atoms with Gasteiger partial charge in [0.25, 0.3) is 0 Å². The highest BCUT2D eigenvalue weighted by Gasteiger charge is 2.51. The van der Waals surface area contributed by atoms with Crippen LogP contribution in [0.1, 0.15) is 67.8 Å². The number of fused-ring (bicyclic) bond motifs is 3. The Hall–Kier alpha value is -2.95. The Morgan fingerprint density at radius 3 is 2.64 bits per heavy atom. The molecule has 1 aliphatic heterocycles. The predicted molar refractivity (Wildman–Crippen MR) is 143 cm³/mol. The van der Waals surface area contributed by atoms with Crippen LogP contribution in [0.15, 0.2) is 23.8 Å². The summed E-state index contributed by atoms with van der Waals surface area (Å²) in [7, 11) is 1.46. The molecule has 10 heteroatoms. The number of aliphatic hydroxyl groups excluding tert-OH is 2. The lowest BCUT2D eigenvalue weighted by molar-refractivity contribution is -0.141. The third kappa shape index (κ3) is 6.13. The fraction of sp³-hybridized carbons (Fsp3) is 0.621. The average Bonchev–Trinajstić information content (AvgIpc) is 3.60. The number of aldehydes is 1. The van der Waals surface area contributed by atoms with Gasteiger partial charge in [0, 0.05) is 42.3 Å². The molecule has 0 bridgehead atoms. The molecule has 0 saturated heterocycles. The molecule has 0 spiro atoms. The third-order valence-electron chi connectivity index (χ3n) is 7.75. The number of hydrogen-bond acceptors (Lipinski definition) is 8. The molecule has 3 aliphatic rings. The van der Waals surface area contributed by atoms with Gasteiger partial charge in [-0.1, -0.05) is 12.8 Å². The number of hydrogen-bond donors (Lipinski definition) is 3. The summed E-state index contributed by atoms with van der Waals surface area (Å²) in [5.74, 6) is -0.601. The summed E-state index contributed by atoms with van der Waals surface area (Å²) >= 11 is 0. The first-order valence-corrected chi connectivity index (χ1v) is 13.8. The number of carbonyl (C=O) groups is 3. The second kappa shape index (κ2) is 12.9. The third-order valence-corrected chi connectivity index (χ3v) is 7.75. The molecule has 4 rings (SSSR count). The van der Waals surface area contributed by atoms with Crippen molar-refractivity contribution in [2.24, 2.45) is 5.92 Å². The first-order chi connectivity index (χ1) is 18.8. The van der Waals surface area contributed by atoms with Crippen LogP contribution < -0.4 is 14.8 Å². The van der Waals surface area contributed by atoms with Gasteiger partial charge in [-0.15, -0.1) is 0 Å². The van der Waals surface area contributed by atoms with Gasteiger partial charge >= 0.3 is 0 Å². The van der Waals surface area contributed by atoms with Crippen molar-refractivity contribution in [1.82, 2.24) is 10.2 Å². The molecule has 4 atom stereocenters. The Bertz CT molecular complexity index is 1080. The lowest BCUT2D eigenvalue weighted by Crippen LogP contribution is -2.57. The van der Waals surface area contributed by atoms with Crippen LogP contribution in [-0.2, 0) is 14.3 Å². The number of ether oxygens (including phenoxy) is 3. The van der Waals surface area contributed by atoms with E-state index in [0.29, 0.717) is 54.1 Å². The maximum Gasteiger partial charge on any atom is 0.247 e. The lowest BCUT2D eigenvalue weighted by atomic mass is 9.77. The van der Waals surface area contributed by atoms with Crippen molar-refractivity contribution in [3.05, 3.63) is 34.9 Å². The Kier molecular flexibility index (Phi) is 9.63. The van der Waals surface area contributed by atoms with Crippen molar-refractivity contribution < 1.29 is 38.8 Å². The molecule has 0 unspecified atom stereocenters. The predicted octanol–water partition coefficient (Wildman–Crippen LogP) is 1.96. The minimum atomic E-state index is -1.14. The maximum atomic E-state index is 13.8. The van der Waals surface area contributed by atoms with Gasteiger partial charge in [0.05, 0.1) is 31.8 Å². The zero-order valence-electron chi connectivity index (χ0n) is 22.9. The summed E-state index contributed by atoms with van der Waals surface area (Å²) in [6.07, 6.45) is 4.53. The highest BCUT2D eigenvalue weighted by molar-refractivity contribution is 5.96. The minimum absolute atomic E-state index is 0.0396. The number of nitrogens with zero attached hydrogens (tertiary/aromatic N) is 1. The number of nitrogens with one attached hydrogen (secondary N) is 1. The highest BCUT2D eigenvalue weighted by Crippen LogP contribution is 2.51. The van der Waals surface area contributed by atoms with Gasteiger partial charge in [-0.05, 0) is 51.3 Å². The van der Waals surface area contributed by atoms with Crippen LogP contribution in [-0.4, -0.2) is 91.0 Å². The summed E-state index contributed by atoms with van der Waals surface area (Å²) in [6.45, 7) is 4.52. The fourth-order valence-electron chi connectivity index (χ4n) is 5.93. The van der Waals surface area contributed by atoms with E-state index in [1.165, 1.54) is 7.11 Å². The van der Waals surface area contributed by atoms with Crippen LogP contribution in [0, 0.1) is 5.92 Å². The quantitative estimate of drug-likeness (QED) is 0.269. The molecular weight excluding hydrogens is 504 g/mol. The topological polar surface area (TPSA) is 135 Å². The Morgan fingerprint density at radius 1 is 1.26 bits per heavy atom. The second-order valence-electron chi connectivity index (χ2n) is 10.7. The van der Waals surface area contributed by atoms with Crippen LogP contribution in [0.3, 0.4) is 0 Å². The van der Waals surface area contributed by atoms with Crippen molar-refractivity contribution in [2.45, 2.75) is 76.2 Å². The van der Waals surface area contributed by atoms with Crippen LogP contribution in [0.25, 0.3) is 0 Å². The van der Waals surface area contributed by atoms with E-state index in [1.807, 2.05) is 13.8 Å². The summed E-state index contributed by atoms with van der Waals surface area (Å²) in [6, 6.07) is 2.38. The van der Waals surface area contributed by atoms with Gasteiger partial charge in [0.1, 0.15) is 18.5 Å². The van der Waals surface area contributed by atoms with Crippen LogP contribution in [0.2, 0.25) is 0 Å². The highest BCUT2D eigenvalue weighted by atomic mass is 16.5. The molecule has 0 aromatic heterocycles. The molecule has 1 aromatic rings. The SMILES string of the molecule is COc1cc(C=O)cc2c1O[C@@H]1[C@@H](O)[C@H](N(CCCOC(C)C)C(=O)C3CCCC3)C=C(C(=O)NCCO)[C@H]21. The summed E-state index contributed by atoms with van der Waals surface area (Å²) in [5, 5.41) is 23.7. The van der Waals surface area contributed by atoms with E-state index in [2.05, 4.69) is 5.32 Å². The fourth-order valence-corrected chi connectivity index (χ4v) is 5.93. The normalized spacial score (nSPS) is 24.0. The molecule has 10 nitrogen and oxygen atoms in total. The van der Waals surface area contributed by atoms with E-state index in [-0.39, 0.29) is 31.1 Å². The molecule has 1 saturated carbocycles. The number of methoxy groups -OCH3 is 1. The number of rotatable bonds is 12. The van der Waals surface area contributed by atoms with Gasteiger partial charge in [-0.3, -0.25) is 14.4 Å². The van der Waals surface area contributed by atoms with E-state index in [9.17, 15) is 24.6 Å². The van der Waals surface area contributed by atoms with E-state index in [4.69, 9.17) is 14.2 Å². The summed E-state index contributed by atoms with van der Waals surface area (Å²) < 4.78 is 17.4. The minimum Gasteiger partial charge on any atom is -0.493 e. The summed E-state index contributed by atoms with van der Waals surface area (Å²) in [4.78, 5) is 40.5. The second-order valence-corrected chi connectivity index (χ2v) is 10.7. The molecule has 0 radical (unpaired) electrons. The standard InChI is InChI=1S/C29H40N2O8/c1-17(2)38-12-6-10-31(29(36)19-7-4-5-8-19)22-15-21(28(35)30-9-11-32)24-20-13-18(16-33)14-23(37-3)26(20)39-27(24)25(22)34/h13-17,19,22,24-25,27,32,34H,4-12H2,1-3H3,(H,30,35)/t22-,24+,25+,27+/m1/s1. The van der Waals surface area contributed by atoms with E-state index >= 15 is 0 Å². The van der Waals surface area contributed by atoms with Gasteiger partial charge in [-0.2, -0.15) is 0 Å². The molecule has 1 aromatic carbocycles. The van der Waals surface area contributed by atoms with Crippen LogP contribution in [0.5, 0.6) is 11.5 Å². The van der Waals surface area contributed by atoms with E-state index in [1.54, 1.807) is 23.1 Å². The van der Waals surface area contributed by atoms with Crippen molar-refractivity contribution in [3.63, 3.8) is 0 Å². The smallest absolute Gasteiger partial charge is 0.247 e. The van der Waals surface area contributed by atoms with Crippen molar-refractivity contribution in [1.29, 1.82) is 0 Å². The largest absolute Gasteiger partial charge is 0.493 e. The molecule has 2 aliphatic carbocycles. The zero-order chi connectivity index (χ0) is 28.1. The number of aliphatic hydroxyl groups is 2. The molecule has 2 amide bonds. The van der Waals surface area contributed by atoms with Gasteiger partial charge in [0.2, 0.25) is 11.8 Å². The number of amides is 2. The maximum absolute atomic E-state index is 13.8. The Balaban J connectivity index is 1.74. The first-order valence-electron chi connectivity index (χ1n) is 13.8. The van der Waals surface area contributed by atoms with Crippen LogP contribution >= 0.6 is 0 Å². The van der Waals surface area contributed by atoms with Crippen molar-refractivity contribution in [3.8, 4) is 11.5 Å². The number of benzene rings is 1. The van der Waals surface area contributed by atoms with E-state index in [0.717, 1.165) is 25.7 Å². The molecule has 3 N–H and O–H groups in total. The molecule has 1 heterocycles. The zero-order valence-corrected chi connectivity index (χ0v) is 22.9. The first kappa shape index (κ1) is 29.0. The Labute approximate surface area is 229 Å². The van der Waals surface area contributed by atoms with Crippen LogP contribution in [0.4, 0.5) is 0 Å². The van der Waals surface area contributed by atoms with Crippen molar-refractivity contribution in [2.75, 3.05) is 33.4 Å².